The van der Waals surface area contributed by atoms with Crippen LogP contribution in [-0.2, 0) is 4.74 Å². The summed E-state index contributed by atoms with van der Waals surface area (Å²) in [6.45, 7) is 6.11. The van der Waals surface area contributed by atoms with Gasteiger partial charge in [0.05, 0.1) is 17.8 Å². The van der Waals surface area contributed by atoms with E-state index in [1.165, 1.54) is 12.1 Å². The molecule has 6 heteroatoms. The SMILES string of the molecule is CC1CN(CC(O)COc2ccc(C#N)c(F)c2)CC(C)O1. The molecule has 3 unspecified atom stereocenters. The lowest BCUT2D eigenvalue weighted by atomic mass is 10.2. The Labute approximate surface area is 129 Å². The number of nitriles is 1. The van der Waals surface area contributed by atoms with Gasteiger partial charge in [-0.05, 0) is 26.0 Å². The lowest BCUT2D eigenvalue weighted by molar-refractivity contribution is -0.0786. The maximum Gasteiger partial charge on any atom is 0.144 e. The smallest absolute Gasteiger partial charge is 0.144 e. The fourth-order valence-electron chi connectivity index (χ4n) is 2.65. The van der Waals surface area contributed by atoms with E-state index in [-0.39, 0.29) is 24.4 Å². The van der Waals surface area contributed by atoms with Crippen LogP contribution in [0.25, 0.3) is 0 Å². The summed E-state index contributed by atoms with van der Waals surface area (Å²) < 4.78 is 24.5. The number of hydrogen-bond acceptors (Lipinski definition) is 5. The van der Waals surface area contributed by atoms with Crippen LogP contribution in [-0.4, -0.2) is 54.6 Å². The van der Waals surface area contributed by atoms with Gasteiger partial charge in [-0.2, -0.15) is 5.26 Å². The summed E-state index contributed by atoms with van der Waals surface area (Å²) in [5, 5.41) is 18.7. The predicted octanol–water partition coefficient (Wildman–Crippen LogP) is 1.55. The maximum atomic E-state index is 13.4. The topological polar surface area (TPSA) is 65.7 Å². The number of aliphatic hydroxyl groups is 1. The number of halogens is 1. The lowest BCUT2D eigenvalue weighted by Gasteiger charge is -2.36. The van der Waals surface area contributed by atoms with Gasteiger partial charge in [0.25, 0.3) is 0 Å². The minimum Gasteiger partial charge on any atom is -0.491 e. The summed E-state index contributed by atoms with van der Waals surface area (Å²) in [6.07, 6.45) is -0.384. The van der Waals surface area contributed by atoms with Gasteiger partial charge in [-0.25, -0.2) is 4.39 Å². The first kappa shape index (κ1) is 16.7. The number of rotatable bonds is 5. The number of β-amino-alcohol motifs (C(OH)–C–C–N with tert-alkyl or cyclic N) is 1. The Morgan fingerprint density at radius 3 is 2.73 bits per heavy atom. The average molecular weight is 308 g/mol. The van der Waals surface area contributed by atoms with Crippen LogP contribution in [0.3, 0.4) is 0 Å². The molecule has 120 valence electrons. The van der Waals surface area contributed by atoms with E-state index in [2.05, 4.69) is 4.90 Å². The number of benzene rings is 1. The molecule has 1 aliphatic rings. The third-order valence-electron chi connectivity index (χ3n) is 3.47. The third-order valence-corrected chi connectivity index (χ3v) is 3.47. The van der Waals surface area contributed by atoms with Crippen molar-refractivity contribution in [2.24, 2.45) is 0 Å². The van der Waals surface area contributed by atoms with Crippen molar-refractivity contribution in [2.45, 2.75) is 32.2 Å². The number of morpholine rings is 1. The van der Waals surface area contributed by atoms with Crippen LogP contribution >= 0.6 is 0 Å². The molecule has 5 nitrogen and oxygen atoms in total. The summed E-state index contributed by atoms with van der Waals surface area (Å²) in [5.41, 5.74) is -0.0239. The first-order valence-corrected chi connectivity index (χ1v) is 7.36. The number of hydrogen-bond donors (Lipinski definition) is 1. The van der Waals surface area contributed by atoms with Crippen LogP contribution in [0.1, 0.15) is 19.4 Å². The van der Waals surface area contributed by atoms with Crippen LogP contribution in [0.5, 0.6) is 5.75 Å². The predicted molar refractivity (Wildman–Crippen MR) is 79.1 cm³/mol. The molecule has 0 aromatic heterocycles. The molecule has 1 aromatic carbocycles. The van der Waals surface area contributed by atoms with Crippen molar-refractivity contribution in [2.75, 3.05) is 26.2 Å². The molecule has 0 aliphatic carbocycles. The molecule has 2 rings (SSSR count). The van der Waals surface area contributed by atoms with Crippen LogP contribution in [0.2, 0.25) is 0 Å². The normalized spacial score (nSPS) is 23.8. The van der Waals surface area contributed by atoms with Gasteiger partial charge in [-0.3, -0.25) is 4.90 Å². The highest BCUT2D eigenvalue weighted by atomic mass is 19.1. The minimum absolute atomic E-state index is 0.0239. The molecule has 1 N–H and O–H groups in total. The van der Waals surface area contributed by atoms with E-state index < -0.39 is 11.9 Å². The zero-order chi connectivity index (χ0) is 16.1. The van der Waals surface area contributed by atoms with E-state index in [0.717, 1.165) is 19.2 Å². The van der Waals surface area contributed by atoms with E-state index in [9.17, 15) is 9.50 Å². The van der Waals surface area contributed by atoms with Crippen LogP contribution in [0, 0.1) is 17.1 Å². The van der Waals surface area contributed by atoms with Gasteiger partial charge >= 0.3 is 0 Å². The zero-order valence-electron chi connectivity index (χ0n) is 12.8. The summed E-state index contributed by atoms with van der Waals surface area (Å²) in [7, 11) is 0. The molecule has 1 aromatic rings. The Kier molecular flexibility index (Phi) is 5.72. The first-order chi connectivity index (χ1) is 10.5. The summed E-state index contributed by atoms with van der Waals surface area (Å²) in [5.74, 6) is -0.315. The van der Waals surface area contributed by atoms with Gasteiger partial charge in [0.15, 0.2) is 0 Å². The summed E-state index contributed by atoms with van der Waals surface area (Å²) in [6, 6.07) is 5.79. The molecule has 3 atom stereocenters. The number of ether oxygens (including phenoxy) is 2. The maximum absolute atomic E-state index is 13.4. The van der Waals surface area contributed by atoms with Gasteiger partial charge in [0, 0.05) is 25.7 Å². The van der Waals surface area contributed by atoms with Crippen LogP contribution in [0.4, 0.5) is 4.39 Å². The Hall–Kier alpha value is -1.68. The molecule has 0 saturated carbocycles. The van der Waals surface area contributed by atoms with E-state index in [0.29, 0.717) is 12.3 Å². The molecule has 0 spiro atoms. The number of nitrogens with zero attached hydrogens (tertiary/aromatic N) is 2. The fourth-order valence-corrected chi connectivity index (χ4v) is 2.65. The van der Waals surface area contributed by atoms with Crippen LogP contribution in [0.15, 0.2) is 18.2 Å². The molecule has 0 radical (unpaired) electrons. The van der Waals surface area contributed by atoms with Crippen molar-refractivity contribution in [1.29, 1.82) is 5.26 Å². The summed E-state index contributed by atoms with van der Waals surface area (Å²) in [4.78, 5) is 2.13. The van der Waals surface area contributed by atoms with Crippen molar-refractivity contribution in [3.05, 3.63) is 29.6 Å². The molecule has 0 bridgehead atoms. The zero-order valence-corrected chi connectivity index (χ0v) is 12.8. The van der Waals surface area contributed by atoms with Crippen molar-refractivity contribution >= 4 is 0 Å². The Morgan fingerprint density at radius 1 is 1.45 bits per heavy atom. The molecular formula is C16H21FN2O3. The molecule has 1 aliphatic heterocycles. The van der Waals surface area contributed by atoms with Gasteiger partial charge in [-0.1, -0.05) is 0 Å². The Morgan fingerprint density at radius 2 is 2.14 bits per heavy atom. The van der Waals surface area contributed by atoms with Crippen molar-refractivity contribution in [3.8, 4) is 11.8 Å². The summed E-state index contributed by atoms with van der Waals surface area (Å²) >= 11 is 0. The molecular weight excluding hydrogens is 287 g/mol. The van der Waals surface area contributed by atoms with E-state index in [1.54, 1.807) is 6.07 Å². The fraction of sp³-hybridized carbons (Fsp3) is 0.562. The van der Waals surface area contributed by atoms with E-state index >= 15 is 0 Å². The minimum atomic E-state index is -0.670. The van der Waals surface area contributed by atoms with Crippen molar-refractivity contribution in [1.82, 2.24) is 4.90 Å². The first-order valence-electron chi connectivity index (χ1n) is 7.36. The largest absolute Gasteiger partial charge is 0.491 e. The Bertz CT molecular complexity index is 537. The molecule has 1 heterocycles. The monoisotopic (exact) mass is 308 g/mol. The molecule has 22 heavy (non-hydrogen) atoms. The van der Waals surface area contributed by atoms with Crippen LogP contribution < -0.4 is 4.74 Å². The van der Waals surface area contributed by atoms with E-state index in [4.69, 9.17) is 14.7 Å². The highest BCUT2D eigenvalue weighted by Crippen LogP contribution is 2.16. The quantitative estimate of drug-likeness (QED) is 0.894. The van der Waals surface area contributed by atoms with Gasteiger partial charge in [0.2, 0.25) is 0 Å². The standard InChI is InChI=1S/C16H21FN2O3/c1-11-7-19(8-12(2)22-11)9-14(20)10-21-15-4-3-13(6-18)16(17)5-15/h3-5,11-12,14,20H,7-10H2,1-2H3. The molecule has 1 fully saturated rings. The molecule has 1 saturated heterocycles. The molecule has 0 amide bonds. The second kappa shape index (κ2) is 7.54. The number of aliphatic hydroxyl groups excluding tert-OH is 1. The second-order valence-electron chi connectivity index (χ2n) is 5.69. The van der Waals surface area contributed by atoms with Gasteiger partial charge < -0.3 is 14.6 Å². The van der Waals surface area contributed by atoms with Crippen molar-refractivity contribution < 1.29 is 19.0 Å². The van der Waals surface area contributed by atoms with Gasteiger partial charge in [-0.15, -0.1) is 0 Å². The highest BCUT2D eigenvalue weighted by Gasteiger charge is 2.23. The van der Waals surface area contributed by atoms with Crippen molar-refractivity contribution in [3.63, 3.8) is 0 Å². The highest BCUT2D eigenvalue weighted by molar-refractivity contribution is 5.36. The third kappa shape index (κ3) is 4.67. The lowest BCUT2D eigenvalue weighted by Crippen LogP contribution is -2.48. The van der Waals surface area contributed by atoms with Gasteiger partial charge in [0.1, 0.15) is 30.3 Å². The Balaban J connectivity index is 1.81. The second-order valence-corrected chi connectivity index (χ2v) is 5.69. The van der Waals surface area contributed by atoms with E-state index in [1.807, 2.05) is 13.8 Å². The average Bonchev–Trinajstić information content (AvgIpc) is 2.44.